The highest BCUT2D eigenvalue weighted by molar-refractivity contribution is 6.55. The van der Waals surface area contributed by atoms with E-state index in [2.05, 4.69) is 0 Å². The van der Waals surface area contributed by atoms with E-state index in [9.17, 15) is 9.59 Å². The van der Waals surface area contributed by atoms with Crippen LogP contribution in [-0.2, 0) is 9.59 Å². The Morgan fingerprint density at radius 3 is 1.30 bits per heavy atom. The number of alkyl halides is 2. The number of aliphatic hydroxyl groups excluding tert-OH is 2. The third-order valence-corrected chi connectivity index (χ3v) is 1.07. The monoisotopic (exact) mass is 186 g/mol. The normalized spacial score (nSPS) is 16.0. The van der Waals surface area contributed by atoms with E-state index < -0.39 is 22.7 Å². The van der Waals surface area contributed by atoms with E-state index >= 15 is 0 Å². The molecule has 0 amide bonds. The molecule has 6 heteroatoms. The number of aliphatic hydroxyl groups is 2. The van der Waals surface area contributed by atoms with Crippen LogP contribution < -0.4 is 0 Å². The van der Waals surface area contributed by atoms with Crippen molar-refractivity contribution in [2.45, 2.75) is 11.1 Å². The van der Waals surface area contributed by atoms with Gasteiger partial charge in [-0.05, 0) is 0 Å². The highest BCUT2D eigenvalue weighted by Crippen LogP contribution is 1.99. The van der Waals surface area contributed by atoms with E-state index in [-0.39, 0.29) is 0 Å². The third kappa shape index (κ3) is 2.62. The second-order valence-electron chi connectivity index (χ2n) is 1.40. The highest BCUT2D eigenvalue weighted by atomic mass is 35.5. The summed E-state index contributed by atoms with van der Waals surface area (Å²) < 4.78 is 0. The molecule has 0 radical (unpaired) electrons. The van der Waals surface area contributed by atoms with Crippen molar-refractivity contribution in [2.75, 3.05) is 0 Å². The molecule has 0 aromatic carbocycles. The van der Waals surface area contributed by atoms with Crippen molar-refractivity contribution in [1.82, 2.24) is 0 Å². The number of rotatable bonds is 3. The van der Waals surface area contributed by atoms with Gasteiger partial charge in [-0.3, -0.25) is 9.59 Å². The first-order valence-electron chi connectivity index (χ1n) is 2.19. The molecule has 0 saturated heterocycles. The lowest BCUT2D eigenvalue weighted by atomic mass is 10.3. The Hall–Kier alpha value is -0.160. The lowest BCUT2D eigenvalue weighted by molar-refractivity contribution is -0.141. The van der Waals surface area contributed by atoms with Crippen LogP contribution in [0.5, 0.6) is 0 Å². The van der Waals surface area contributed by atoms with E-state index in [0.29, 0.717) is 0 Å². The predicted molar refractivity (Wildman–Crippen MR) is 33.7 cm³/mol. The van der Waals surface area contributed by atoms with Gasteiger partial charge in [0.1, 0.15) is 0 Å². The number of hydrogen-bond donors (Lipinski definition) is 2. The molecule has 0 aromatic rings. The molecule has 0 aliphatic rings. The zero-order valence-corrected chi connectivity index (χ0v) is 6.13. The van der Waals surface area contributed by atoms with Crippen LogP contribution in [0.1, 0.15) is 0 Å². The lowest BCUT2D eigenvalue weighted by Crippen LogP contribution is -2.30. The smallest absolute Gasteiger partial charge is 0.246 e. The maximum Gasteiger partial charge on any atom is 0.246 e. The number of hydrogen-bond acceptors (Lipinski definition) is 4. The molecule has 0 spiro atoms. The first-order valence-corrected chi connectivity index (χ1v) is 3.06. The molecule has 0 fully saturated rings. The fourth-order valence-electron chi connectivity index (χ4n) is 0.235. The molecule has 2 atom stereocenters. The number of Topliss-reactive ketones (excluding diaryl/α,β-unsaturated/α-hetero) is 2. The van der Waals surface area contributed by atoms with Gasteiger partial charge >= 0.3 is 0 Å². The molecule has 4 nitrogen and oxygen atoms in total. The SMILES string of the molecule is O=C(C(=O)C(O)Cl)C(O)Cl. The molecule has 0 aliphatic carbocycles. The first-order chi connectivity index (χ1) is 4.46. The number of halogens is 2. The average molecular weight is 187 g/mol. The van der Waals surface area contributed by atoms with Gasteiger partial charge in [-0.2, -0.15) is 0 Å². The molecular formula is C4H4Cl2O4. The minimum absolute atomic E-state index is 1.32. The van der Waals surface area contributed by atoms with Crippen molar-refractivity contribution in [2.24, 2.45) is 0 Å². The fraction of sp³-hybridized carbons (Fsp3) is 0.500. The van der Waals surface area contributed by atoms with Crippen LogP contribution in [0.4, 0.5) is 0 Å². The lowest BCUT2D eigenvalue weighted by Gasteiger charge is -2.00. The van der Waals surface area contributed by atoms with E-state index in [1.165, 1.54) is 0 Å². The molecule has 58 valence electrons. The van der Waals surface area contributed by atoms with Crippen LogP contribution in [0, 0.1) is 0 Å². The Balaban J connectivity index is 4.10. The van der Waals surface area contributed by atoms with Crippen molar-refractivity contribution in [3.63, 3.8) is 0 Å². The van der Waals surface area contributed by atoms with Gasteiger partial charge in [0.15, 0.2) is 11.1 Å². The van der Waals surface area contributed by atoms with Gasteiger partial charge in [0, 0.05) is 0 Å². The summed E-state index contributed by atoms with van der Waals surface area (Å²) in [7, 11) is 0. The summed E-state index contributed by atoms with van der Waals surface area (Å²) in [5, 5.41) is 16.5. The number of ketones is 2. The van der Waals surface area contributed by atoms with E-state index in [4.69, 9.17) is 33.4 Å². The molecule has 0 saturated carbocycles. The van der Waals surface area contributed by atoms with Crippen LogP contribution in [0.15, 0.2) is 0 Å². The molecular weight excluding hydrogens is 183 g/mol. The second-order valence-corrected chi connectivity index (χ2v) is 2.23. The summed E-state index contributed by atoms with van der Waals surface area (Å²) in [6.07, 6.45) is 0. The molecule has 0 bridgehead atoms. The number of carbonyl (C=O) groups is 2. The maximum atomic E-state index is 10.3. The van der Waals surface area contributed by atoms with Crippen LogP contribution >= 0.6 is 23.2 Å². The van der Waals surface area contributed by atoms with Gasteiger partial charge in [0.2, 0.25) is 11.6 Å². The zero-order valence-electron chi connectivity index (χ0n) is 4.62. The average Bonchev–Trinajstić information content (AvgIpc) is 1.84. The largest absolute Gasteiger partial charge is 0.371 e. The molecule has 0 heterocycles. The molecule has 0 aromatic heterocycles. The van der Waals surface area contributed by atoms with Crippen molar-refractivity contribution in [3.8, 4) is 0 Å². The summed E-state index contributed by atoms with van der Waals surface area (Å²) in [4.78, 5) is 20.6. The minimum atomic E-state index is -1.93. The van der Waals surface area contributed by atoms with Gasteiger partial charge < -0.3 is 10.2 Å². The Labute approximate surface area is 66.4 Å². The quantitative estimate of drug-likeness (QED) is 0.449. The molecule has 0 rings (SSSR count). The van der Waals surface area contributed by atoms with Crippen LogP contribution in [0.25, 0.3) is 0 Å². The van der Waals surface area contributed by atoms with E-state index in [0.717, 1.165) is 0 Å². The summed E-state index contributed by atoms with van der Waals surface area (Å²) in [5.41, 5.74) is -3.86. The standard InChI is InChI=1S/C4H4Cl2O4/c5-3(9)1(7)2(8)4(6)10/h3-4,9-10H. The molecule has 2 N–H and O–H groups in total. The van der Waals surface area contributed by atoms with Crippen molar-refractivity contribution in [1.29, 1.82) is 0 Å². The zero-order chi connectivity index (χ0) is 8.31. The van der Waals surface area contributed by atoms with Gasteiger partial charge in [-0.25, -0.2) is 0 Å². The Bertz CT molecular complexity index is 135. The minimum Gasteiger partial charge on any atom is -0.371 e. The van der Waals surface area contributed by atoms with Crippen molar-refractivity contribution < 1.29 is 19.8 Å². The van der Waals surface area contributed by atoms with Gasteiger partial charge in [0.05, 0.1) is 0 Å². The summed E-state index contributed by atoms with van der Waals surface area (Å²) in [6, 6.07) is 0. The first kappa shape index (κ1) is 9.84. The van der Waals surface area contributed by atoms with Gasteiger partial charge in [-0.1, -0.05) is 23.2 Å². The Kier molecular flexibility index (Phi) is 3.81. The molecule has 2 unspecified atom stereocenters. The van der Waals surface area contributed by atoms with Gasteiger partial charge in [-0.15, -0.1) is 0 Å². The van der Waals surface area contributed by atoms with Crippen LogP contribution in [0.2, 0.25) is 0 Å². The van der Waals surface area contributed by atoms with Crippen molar-refractivity contribution >= 4 is 34.8 Å². The Morgan fingerprint density at radius 2 is 1.20 bits per heavy atom. The van der Waals surface area contributed by atoms with Crippen LogP contribution in [0.3, 0.4) is 0 Å². The van der Waals surface area contributed by atoms with Crippen LogP contribution in [-0.4, -0.2) is 32.9 Å². The Morgan fingerprint density at radius 1 is 1.00 bits per heavy atom. The van der Waals surface area contributed by atoms with Crippen molar-refractivity contribution in [3.05, 3.63) is 0 Å². The predicted octanol–water partition coefficient (Wildman–Crippen LogP) is -0.761. The van der Waals surface area contributed by atoms with E-state index in [1.54, 1.807) is 0 Å². The maximum absolute atomic E-state index is 10.3. The topological polar surface area (TPSA) is 74.6 Å². The third-order valence-electron chi connectivity index (χ3n) is 0.676. The second kappa shape index (κ2) is 3.88. The van der Waals surface area contributed by atoms with E-state index in [1.807, 2.05) is 0 Å². The molecule has 10 heavy (non-hydrogen) atoms. The summed E-state index contributed by atoms with van der Waals surface area (Å²) in [6.45, 7) is 0. The van der Waals surface area contributed by atoms with Gasteiger partial charge in [0.25, 0.3) is 0 Å². The number of carbonyl (C=O) groups excluding carboxylic acids is 2. The fourth-order valence-corrected chi connectivity index (χ4v) is 0.450. The molecule has 0 aliphatic heterocycles. The highest BCUT2D eigenvalue weighted by Gasteiger charge is 2.25. The summed E-state index contributed by atoms with van der Waals surface area (Å²) >= 11 is 9.57. The summed E-state index contributed by atoms with van der Waals surface area (Å²) in [5.74, 6) is -2.63.